The van der Waals surface area contributed by atoms with Crippen molar-refractivity contribution in [3.63, 3.8) is 0 Å². The molecular weight excluding hydrogens is 743 g/mol. The van der Waals surface area contributed by atoms with E-state index in [9.17, 15) is 24.9 Å². The maximum absolute atomic E-state index is 14.6. The van der Waals surface area contributed by atoms with Gasteiger partial charge in [-0.2, -0.15) is 11.8 Å². The Morgan fingerprint density at radius 2 is 1.75 bits per heavy atom. The number of methoxy groups -OCH3 is 2. The van der Waals surface area contributed by atoms with E-state index in [1.807, 2.05) is 32.1 Å². The lowest BCUT2D eigenvalue weighted by Crippen LogP contribution is -2.54. The first-order valence-electron chi connectivity index (χ1n) is 18.9. The molecule has 0 saturated carbocycles. The molecule has 0 spiro atoms. The highest BCUT2D eigenvalue weighted by Crippen LogP contribution is 2.60. The molecule has 0 saturated heterocycles. The number of phenols is 2. The van der Waals surface area contributed by atoms with E-state index in [4.69, 9.17) is 28.4 Å². The van der Waals surface area contributed by atoms with Crippen LogP contribution in [0.1, 0.15) is 81.2 Å². The van der Waals surface area contributed by atoms with Crippen molar-refractivity contribution in [3.8, 4) is 40.2 Å². The lowest BCUT2D eigenvalue weighted by Gasteiger charge is -2.51. The van der Waals surface area contributed by atoms with Gasteiger partial charge in [-0.1, -0.05) is 6.07 Å². The molecule has 4 N–H and O–H groups in total. The normalized spacial score (nSPS) is 22.8. The second-order valence-electron chi connectivity index (χ2n) is 14.6. The smallest absolute Gasteiger partial charge is 0.328 e. The number of likely N-dealkylation sites (N-methyl/N-ethyl adjacent to an activating group) is 1. The van der Waals surface area contributed by atoms with Gasteiger partial charge in [0.1, 0.15) is 18.4 Å². The summed E-state index contributed by atoms with van der Waals surface area (Å²) in [6, 6.07) is 3.06. The van der Waals surface area contributed by atoms with Gasteiger partial charge in [0.25, 0.3) is 0 Å². The van der Waals surface area contributed by atoms with Gasteiger partial charge in [-0.05, 0) is 87.3 Å². The minimum absolute atomic E-state index is 0.0197. The van der Waals surface area contributed by atoms with Crippen molar-refractivity contribution < 1.29 is 53.3 Å². The monoisotopic (exact) mass is 793 g/mol. The summed E-state index contributed by atoms with van der Waals surface area (Å²) >= 11 is 1.60. The molecule has 4 aliphatic heterocycles. The molecule has 4 heterocycles. The lowest BCUT2D eigenvalue weighted by molar-refractivity contribution is -0.153. The van der Waals surface area contributed by atoms with Crippen molar-refractivity contribution in [2.75, 3.05) is 67.2 Å². The number of aromatic hydroxyl groups is 2. The number of nitrogens with one attached hydrogen (secondary N) is 1. The Bertz CT molecular complexity index is 2030. The van der Waals surface area contributed by atoms with Crippen molar-refractivity contribution in [3.05, 3.63) is 62.7 Å². The van der Waals surface area contributed by atoms with Gasteiger partial charge in [-0.15, -0.1) is 0 Å². The highest BCUT2D eigenvalue weighted by Gasteiger charge is 2.51. The molecule has 0 radical (unpaired) electrons. The highest BCUT2D eigenvalue weighted by molar-refractivity contribution is 7.98. The predicted molar refractivity (Wildman–Crippen MR) is 208 cm³/mol. The average molecular weight is 794 g/mol. The van der Waals surface area contributed by atoms with Gasteiger partial charge in [0.05, 0.1) is 38.2 Å². The Kier molecular flexibility index (Phi) is 11.5. The number of fused-ring (bicyclic) bond motifs is 6. The van der Waals surface area contributed by atoms with Crippen LogP contribution >= 0.6 is 11.8 Å². The molecule has 3 unspecified atom stereocenters. The number of rotatable bonds is 10. The number of esters is 2. The molecule has 3 aromatic rings. The Morgan fingerprint density at radius 1 is 0.982 bits per heavy atom. The molecular formula is C41H51N3O11S. The van der Waals surface area contributed by atoms with E-state index in [1.165, 1.54) is 14.0 Å². The first kappa shape index (κ1) is 39.8. The number of ether oxygens (including phenoxy) is 6. The largest absolute Gasteiger partial charge is 0.504 e. The first-order chi connectivity index (χ1) is 27.0. The van der Waals surface area contributed by atoms with E-state index in [0.717, 1.165) is 34.2 Å². The molecule has 302 valence electrons. The van der Waals surface area contributed by atoms with E-state index >= 15 is 0 Å². The zero-order chi connectivity index (χ0) is 40.0. The standard InChI is InChI=1S/C41H51N3O11S/c1-20-15-24-9-8-11-44-26(18-52-41(49)33-25-17-28(50-5)27(47)16-23(25)10-12-43(33)13-14-45)30-31(37(55-22(3)46)21(2)38-39(30)54-19-53-38)40(56-7)34(44)32(42-4)29(24)35(48)36(20)51-6/h15-17,26,32-34,40,42,45,47-48H,8-14,18-19H2,1-7H3/t26-,32+,33?,34?,40?/m0/s1. The molecule has 0 amide bonds. The molecule has 5 atom stereocenters. The van der Waals surface area contributed by atoms with Crippen LogP contribution in [0, 0.1) is 13.8 Å². The molecule has 0 bridgehead atoms. The Hall–Kier alpha value is -4.41. The van der Waals surface area contributed by atoms with Gasteiger partial charge in [0.2, 0.25) is 6.79 Å². The summed E-state index contributed by atoms with van der Waals surface area (Å²) in [5, 5.41) is 35.7. The lowest BCUT2D eigenvalue weighted by atomic mass is 9.78. The number of hydrogen-bond donors (Lipinski definition) is 4. The number of benzene rings is 3. The number of carbonyl (C=O) groups is 2. The number of β-amino-alcohol motifs (C(OH)–C–C–N with tert-alkyl or cyclic N) is 1. The van der Waals surface area contributed by atoms with Gasteiger partial charge < -0.3 is 49.1 Å². The molecule has 15 heteroatoms. The third-order valence-corrected chi connectivity index (χ3v) is 12.7. The topological polar surface area (TPSA) is 169 Å². The Labute approximate surface area is 330 Å². The number of hydrogen-bond acceptors (Lipinski definition) is 15. The summed E-state index contributed by atoms with van der Waals surface area (Å²) in [6.45, 7) is 6.12. The van der Waals surface area contributed by atoms with Crippen LogP contribution in [0.15, 0.2) is 18.2 Å². The van der Waals surface area contributed by atoms with Gasteiger partial charge in [-0.3, -0.25) is 14.6 Å². The molecule has 3 aromatic carbocycles. The molecule has 4 aliphatic rings. The maximum atomic E-state index is 14.6. The SMILES string of the molecule is CN[C@@H]1c2c(cc(C)c(OC)c2O)CCCN2C1C(SC)c1c(OC(C)=O)c(C)c3c(c1[C@@H]2COC(=O)C1c2cc(OC)c(O)cc2CCN1CCO)OCO3. The summed E-state index contributed by atoms with van der Waals surface area (Å²) < 4.78 is 35.9. The zero-order valence-electron chi connectivity index (χ0n) is 32.9. The average Bonchev–Trinajstić information content (AvgIpc) is 3.66. The van der Waals surface area contributed by atoms with Crippen LogP contribution in [0.3, 0.4) is 0 Å². The molecule has 0 fully saturated rings. The zero-order valence-corrected chi connectivity index (χ0v) is 33.7. The van der Waals surface area contributed by atoms with E-state index in [-0.39, 0.29) is 55.1 Å². The van der Waals surface area contributed by atoms with E-state index in [1.54, 1.807) is 31.0 Å². The number of nitrogens with zero attached hydrogens (tertiary/aromatic N) is 2. The number of aryl methyl sites for hydroxylation is 2. The van der Waals surface area contributed by atoms with Crippen molar-refractivity contribution >= 4 is 23.7 Å². The van der Waals surface area contributed by atoms with Crippen LogP contribution < -0.4 is 29.0 Å². The number of aliphatic hydroxyl groups excluding tert-OH is 1. The van der Waals surface area contributed by atoms with Crippen LogP contribution in [-0.4, -0.2) is 110 Å². The van der Waals surface area contributed by atoms with E-state index in [2.05, 4.69) is 16.3 Å². The van der Waals surface area contributed by atoms with Crippen LogP contribution in [0.5, 0.6) is 40.2 Å². The van der Waals surface area contributed by atoms with Crippen LogP contribution in [0.25, 0.3) is 0 Å². The molecule has 0 aliphatic carbocycles. The number of phenolic OH excluding ortho intramolecular Hbond substituents is 2. The fraction of sp³-hybridized carbons (Fsp3) is 0.512. The summed E-state index contributed by atoms with van der Waals surface area (Å²) in [6.07, 6.45) is 3.96. The minimum atomic E-state index is -0.880. The van der Waals surface area contributed by atoms with Crippen molar-refractivity contribution in [2.24, 2.45) is 0 Å². The highest BCUT2D eigenvalue weighted by atomic mass is 32.2. The molecule has 56 heavy (non-hydrogen) atoms. The molecule has 7 rings (SSSR count). The van der Waals surface area contributed by atoms with E-state index in [0.29, 0.717) is 65.6 Å². The maximum Gasteiger partial charge on any atom is 0.328 e. The second-order valence-corrected chi connectivity index (χ2v) is 15.6. The van der Waals surface area contributed by atoms with Gasteiger partial charge in [0.15, 0.2) is 34.5 Å². The quantitative estimate of drug-likeness (QED) is 0.167. The predicted octanol–water partition coefficient (Wildman–Crippen LogP) is 4.56. The van der Waals surface area contributed by atoms with Crippen molar-refractivity contribution in [2.45, 2.75) is 69.5 Å². The molecule has 14 nitrogen and oxygen atoms in total. The number of thioether (sulfide) groups is 1. The van der Waals surface area contributed by atoms with E-state index < -0.39 is 30.1 Å². The van der Waals surface area contributed by atoms with Gasteiger partial charge in [0, 0.05) is 48.3 Å². The fourth-order valence-electron chi connectivity index (χ4n) is 9.37. The number of aliphatic hydroxyl groups is 1. The Morgan fingerprint density at radius 3 is 2.43 bits per heavy atom. The van der Waals surface area contributed by atoms with Crippen LogP contribution in [-0.2, 0) is 27.2 Å². The molecule has 0 aromatic heterocycles. The third kappa shape index (κ3) is 6.66. The fourth-order valence-corrected chi connectivity index (χ4v) is 10.4. The first-order valence-corrected chi connectivity index (χ1v) is 20.2. The Balaban J connectivity index is 1.40. The summed E-state index contributed by atoms with van der Waals surface area (Å²) in [4.78, 5) is 31.6. The number of carbonyl (C=O) groups excluding carboxylic acids is 2. The summed E-state index contributed by atoms with van der Waals surface area (Å²) in [5.41, 5.74) is 6.08. The van der Waals surface area contributed by atoms with Crippen LogP contribution in [0.2, 0.25) is 0 Å². The van der Waals surface area contributed by atoms with Gasteiger partial charge >= 0.3 is 11.9 Å². The third-order valence-electron chi connectivity index (χ3n) is 11.6. The second kappa shape index (κ2) is 16.2. The summed E-state index contributed by atoms with van der Waals surface area (Å²) in [7, 11) is 4.86. The van der Waals surface area contributed by atoms with Crippen molar-refractivity contribution in [1.82, 2.24) is 15.1 Å². The summed E-state index contributed by atoms with van der Waals surface area (Å²) in [5.74, 6) is 1.02. The van der Waals surface area contributed by atoms with Crippen molar-refractivity contribution in [1.29, 1.82) is 0 Å². The van der Waals surface area contributed by atoms with Gasteiger partial charge in [-0.25, -0.2) is 4.79 Å². The minimum Gasteiger partial charge on any atom is -0.504 e. The van der Waals surface area contributed by atoms with Crippen LogP contribution in [0.4, 0.5) is 0 Å².